The molecule has 2 atom stereocenters. The van der Waals surface area contributed by atoms with E-state index in [1.807, 2.05) is 0 Å². The first-order valence-corrected chi connectivity index (χ1v) is 8.92. The number of nitrogens with one attached hydrogen (secondary N) is 2. The first kappa shape index (κ1) is 18.2. The molecule has 2 heteroatoms. The maximum Gasteiger partial charge on any atom is 0.0200 e. The van der Waals surface area contributed by atoms with Crippen LogP contribution < -0.4 is 10.6 Å². The monoisotopic (exact) mass is 314 g/mol. The molecule has 0 aromatic heterocycles. The van der Waals surface area contributed by atoms with Gasteiger partial charge in [-0.15, -0.1) is 0 Å². The highest BCUT2D eigenvalue weighted by Gasteiger charge is 2.43. The summed E-state index contributed by atoms with van der Waals surface area (Å²) in [6.45, 7) is 13.8. The van der Waals surface area contributed by atoms with E-state index in [1.54, 1.807) is 11.1 Å². The maximum atomic E-state index is 3.46. The number of benzene rings is 1. The van der Waals surface area contributed by atoms with Crippen LogP contribution in [0.1, 0.15) is 62.8 Å². The minimum Gasteiger partial charge on any atom is -0.317 e. The minimum absolute atomic E-state index is 0.142. The van der Waals surface area contributed by atoms with Gasteiger partial charge in [0.05, 0.1) is 0 Å². The molecule has 1 aliphatic rings. The van der Waals surface area contributed by atoms with Crippen molar-refractivity contribution in [1.82, 2.24) is 10.6 Å². The zero-order valence-corrected chi connectivity index (χ0v) is 16.2. The van der Waals surface area contributed by atoms with Gasteiger partial charge < -0.3 is 10.6 Å². The lowest BCUT2D eigenvalue weighted by molar-refractivity contribution is 0.342. The lowest BCUT2D eigenvalue weighted by atomic mass is 9.69. The van der Waals surface area contributed by atoms with E-state index in [9.17, 15) is 0 Å². The van der Waals surface area contributed by atoms with Gasteiger partial charge in [-0.1, -0.05) is 17.7 Å². The topological polar surface area (TPSA) is 24.1 Å². The molecular weight excluding hydrogens is 280 g/mol. The molecule has 0 bridgehead atoms. The number of hydrogen-bond acceptors (Lipinski definition) is 2. The molecule has 0 saturated carbocycles. The fourth-order valence-corrected chi connectivity index (χ4v) is 4.31. The number of fused-ring (bicyclic) bond motifs is 1. The van der Waals surface area contributed by atoms with Crippen LogP contribution in [0.3, 0.4) is 0 Å². The van der Waals surface area contributed by atoms with Gasteiger partial charge in [0, 0.05) is 17.5 Å². The Bertz CT molecular complexity index is 601. The van der Waals surface area contributed by atoms with E-state index in [0.717, 1.165) is 12.8 Å². The number of rotatable bonds is 6. The zero-order chi connectivity index (χ0) is 17.4. The molecule has 0 saturated heterocycles. The summed E-state index contributed by atoms with van der Waals surface area (Å²) in [7, 11) is 4.14. The first-order valence-electron chi connectivity index (χ1n) is 8.92. The summed E-state index contributed by atoms with van der Waals surface area (Å²) >= 11 is 0. The van der Waals surface area contributed by atoms with Crippen molar-refractivity contribution in [3.05, 3.63) is 40.0 Å². The van der Waals surface area contributed by atoms with Crippen LogP contribution in [0.4, 0.5) is 0 Å². The highest BCUT2D eigenvalue weighted by molar-refractivity contribution is 5.81. The van der Waals surface area contributed by atoms with Gasteiger partial charge in [-0.05, 0) is 96.3 Å². The summed E-state index contributed by atoms with van der Waals surface area (Å²) in [5.41, 5.74) is 9.10. The molecule has 0 radical (unpaired) electrons. The molecule has 0 heterocycles. The van der Waals surface area contributed by atoms with Gasteiger partial charge in [0.1, 0.15) is 0 Å². The van der Waals surface area contributed by atoms with E-state index in [-0.39, 0.29) is 5.41 Å². The van der Waals surface area contributed by atoms with Crippen LogP contribution in [0, 0.1) is 13.8 Å². The Morgan fingerprint density at radius 3 is 1.91 bits per heavy atom. The van der Waals surface area contributed by atoms with Crippen LogP contribution >= 0.6 is 0 Å². The highest BCUT2D eigenvalue weighted by atomic mass is 14.9. The summed E-state index contributed by atoms with van der Waals surface area (Å²) in [6.07, 6.45) is 2.29. The second kappa shape index (κ2) is 6.78. The van der Waals surface area contributed by atoms with Crippen molar-refractivity contribution < 1.29 is 0 Å². The summed E-state index contributed by atoms with van der Waals surface area (Å²) in [5.74, 6) is 0. The third kappa shape index (κ3) is 2.99. The molecule has 0 amide bonds. The van der Waals surface area contributed by atoms with E-state index in [0.29, 0.717) is 12.1 Å². The molecule has 128 valence electrons. The predicted octanol–water partition coefficient (Wildman–Crippen LogP) is 4.34. The van der Waals surface area contributed by atoms with Crippen molar-refractivity contribution in [2.45, 2.75) is 71.9 Å². The van der Waals surface area contributed by atoms with Crippen molar-refractivity contribution in [1.29, 1.82) is 0 Å². The normalized spacial score (nSPS) is 23.1. The van der Waals surface area contributed by atoms with Gasteiger partial charge in [-0.3, -0.25) is 0 Å². The molecule has 1 aliphatic carbocycles. The third-order valence-corrected chi connectivity index (χ3v) is 6.20. The largest absolute Gasteiger partial charge is 0.317 e. The molecule has 1 aromatic rings. The van der Waals surface area contributed by atoms with Gasteiger partial charge in [0.2, 0.25) is 0 Å². The van der Waals surface area contributed by atoms with E-state index < -0.39 is 0 Å². The van der Waals surface area contributed by atoms with Crippen LogP contribution in [0.5, 0.6) is 0 Å². The Kier molecular flexibility index (Phi) is 5.37. The van der Waals surface area contributed by atoms with Crippen molar-refractivity contribution in [3.8, 4) is 0 Å². The second-order valence-electron chi connectivity index (χ2n) is 7.55. The van der Waals surface area contributed by atoms with Crippen LogP contribution in [0.15, 0.2) is 17.7 Å². The van der Waals surface area contributed by atoms with Crippen molar-refractivity contribution >= 4 is 5.57 Å². The average molecular weight is 315 g/mol. The van der Waals surface area contributed by atoms with Gasteiger partial charge in [0.25, 0.3) is 0 Å². The van der Waals surface area contributed by atoms with Crippen molar-refractivity contribution in [2.75, 3.05) is 14.1 Å². The average Bonchev–Trinajstić information content (AvgIpc) is 2.73. The molecular formula is C21H34N2. The van der Waals surface area contributed by atoms with Crippen LogP contribution in [-0.4, -0.2) is 26.2 Å². The van der Waals surface area contributed by atoms with Gasteiger partial charge in [0.15, 0.2) is 0 Å². The fraction of sp³-hybridized carbons (Fsp3) is 0.619. The smallest absolute Gasteiger partial charge is 0.0200 e. The minimum atomic E-state index is 0.142. The van der Waals surface area contributed by atoms with E-state index in [4.69, 9.17) is 0 Å². The Labute approximate surface area is 142 Å². The molecule has 2 nitrogen and oxygen atoms in total. The molecule has 0 aliphatic heterocycles. The van der Waals surface area contributed by atoms with Crippen LogP contribution in [0.2, 0.25) is 0 Å². The maximum absolute atomic E-state index is 3.46. The molecule has 23 heavy (non-hydrogen) atoms. The van der Waals surface area contributed by atoms with Gasteiger partial charge >= 0.3 is 0 Å². The van der Waals surface area contributed by atoms with Crippen LogP contribution in [-0.2, 0) is 5.41 Å². The quantitative estimate of drug-likeness (QED) is 0.816. The first-order chi connectivity index (χ1) is 10.8. The summed E-state index contributed by atoms with van der Waals surface area (Å²) in [5, 5.41) is 6.91. The second-order valence-corrected chi connectivity index (χ2v) is 7.55. The Hall–Kier alpha value is -1.12. The van der Waals surface area contributed by atoms with E-state index >= 15 is 0 Å². The molecule has 0 fully saturated rings. The van der Waals surface area contributed by atoms with Crippen molar-refractivity contribution in [3.63, 3.8) is 0 Å². The Morgan fingerprint density at radius 2 is 1.43 bits per heavy atom. The predicted molar refractivity (Wildman–Crippen MR) is 102 cm³/mol. The molecule has 2 N–H and O–H groups in total. The van der Waals surface area contributed by atoms with Crippen molar-refractivity contribution in [2.24, 2.45) is 0 Å². The number of aryl methyl sites for hydroxylation is 1. The molecule has 0 spiro atoms. The Morgan fingerprint density at radius 1 is 0.913 bits per heavy atom. The standard InChI is InChI=1S/C21H34N2/c1-13-9-10-19-20(16(13)4)17(5)18(6)21(19,11-14(2)22-7)12-15(3)23-8/h9-10,14-15,22-23H,11-12H2,1-8H3. The number of hydrogen-bond donors (Lipinski definition) is 2. The van der Waals surface area contributed by atoms with Crippen LogP contribution in [0.25, 0.3) is 5.57 Å². The lowest BCUT2D eigenvalue weighted by Crippen LogP contribution is -2.40. The van der Waals surface area contributed by atoms with E-state index in [1.165, 1.54) is 22.3 Å². The summed E-state index contributed by atoms with van der Waals surface area (Å²) < 4.78 is 0. The molecule has 2 unspecified atom stereocenters. The molecule has 2 rings (SSSR count). The van der Waals surface area contributed by atoms with Gasteiger partial charge in [-0.2, -0.15) is 0 Å². The summed E-state index contributed by atoms with van der Waals surface area (Å²) in [4.78, 5) is 0. The lowest BCUT2D eigenvalue weighted by Gasteiger charge is -2.38. The third-order valence-electron chi connectivity index (χ3n) is 6.20. The molecule has 1 aromatic carbocycles. The van der Waals surface area contributed by atoms with Gasteiger partial charge in [-0.25, -0.2) is 0 Å². The number of allylic oxidation sites excluding steroid dienone is 2. The fourth-order valence-electron chi connectivity index (χ4n) is 4.31. The summed E-state index contributed by atoms with van der Waals surface area (Å²) in [6, 6.07) is 5.69. The highest BCUT2D eigenvalue weighted by Crippen LogP contribution is 2.52. The SMILES string of the molecule is CNC(C)CC1(CC(C)NC)C(C)=C(C)c2c1ccc(C)c2C. The zero-order valence-electron chi connectivity index (χ0n) is 16.2. The Balaban J connectivity index is 2.66. The van der Waals surface area contributed by atoms with E-state index in [2.05, 4.69) is 78.4 Å².